The average molecular weight is 319 g/mol. The molecule has 2 heterocycles. The fourth-order valence-corrected chi connectivity index (χ4v) is 3.19. The lowest BCUT2D eigenvalue weighted by Gasteiger charge is -2.34. The minimum Gasteiger partial charge on any atom is -0.378 e. The molecule has 5 nitrogen and oxygen atoms in total. The summed E-state index contributed by atoms with van der Waals surface area (Å²) in [5.74, 6) is 1.38. The molecule has 1 aliphatic heterocycles. The number of pyridine rings is 1. The van der Waals surface area contributed by atoms with Crippen LogP contribution in [0.1, 0.15) is 56.8 Å². The van der Waals surface area contributed by atoms with Crippen LogP contribution in [0.15, 0.2) is 18.3 Å². The smallest absolute Gasteiger partial charge is 0.252 e. The van der Waals surface area contributed by atoms with Crippen molar-refractivity contribution in [3.8, 4) is 0 Å². The number of nitrogens with zero attached hydrogens (tertiary/aromatic N) is 1. The zero-order valence-corrected chi connectivity index (χ0v) is 14.5. The Labute approximate surface area is 139 Å². The van der Waals surface area contributed by atoms with Crippen molar-refractivity contribution in [3.05, 3.63) is 23.9 Å². The maximum absolute atomic E-state index is 11.7. The second-order valence-corrected chi connectivity index (χ2v) is 6.14. The fraction of sp³-hybridized carbons (Fsp3) is 0.667. The number of hydrogen-bond acceptors (Lipinski definition) is 4. The lowest BCUT2D eigenvalue weighted by Crippen LogP contribution is -2.38. The summed E-state index contributed by atoms with van der Waals surface area (Å²) in [7, 11) is 0. The Hall–Kier alpha value is -1.62. The molecule has 0 bridgehead atoms. The number of nitrogens with one attached hydrogen (secondary N) is 2. The largest absolute Gasteiger partial charge is 0.378 e. The predicted molar refractivity (Wildman–Crippen MR) is 92.7 cm³/mol. The maximum atomic E-state index is 11.7. The van der Waals surface area contributed by atoms with E-state index in [2.05, 4.69) is 29.5 Å². The highest BCUT2D eigenvalue weighted by Crippen LogP contribution is 2.26. The van der Waals surface area contributed by atoms with Gasteiger partial charge in [0.25, 0.3) is 5.91 Å². The Kier molecular flexibility index (Phi) is 6.84. The lowest BCUT2D eigenvalue weighted by molar-refractivity contribution is -0.0271. The van der Waals surface area contributed by atoms with Gasteiger partial charge in [-0.15, -0.1) is 0 Å². The molecule has 2 unspecified atom stereocenters. The van der Waals surface area contributed by atoms with Crippen LogP contribution in [0.25, 0.3) is 0 Å². The first-order valence-electron chi connectivity index (χ1n) is 8.80. The number of anilines is 1. The molecule has 1 saturated heterocycles. The number of aromatic nitrogens is 1. The van der Waals surface area contributed by atoms with Gasteiger partial charge in [0.1, 0.15) is 5.82 Å². The monoisotopic (exact) mass is 319 g/mol. The lowest BCUT2D eigenvalue weighted by atomic mass is 9.89. The van der Waals surface area contributed by atoms with Crippen molar-refractivity contribution in [1.82, 2.24) is 10.3 Å². The first-order chi connectivity index (χ1) is 11.2. The Bertz CT molecular complexity index is 486. The fourth-order valence-electron chi connectivity index (χ4n) is 3.19. The Morgan fingerprint density at radius 2 is 2.13 bits per heavy atom. The summed E-state index contributed by atoms with van der Waals surface area (Å²) >= 11 is 0. The Balaban J connectivity index is 1.92. The molecular weight excluding hydrogens is 290 g/mol. The Morgan fingerprint density at radius 1 is 1.35 bits per heavy atom. The van der Waals surface area contributed by atoms with Gasteiger partial charge in [-0.1, -0.05) is 26.7 Å². The zero-order chi connectivity index (χ0) is 16.7. The highest BCUT2D eigenvalue weighted by molar-refractivity contribution is 5.93. The molecule has 5 heteroatoms. The van der Waals surface area contributed by atoms with E-state index in [1.165, 1.54) is 0 Å². The number of carbonyl (C=O) groups is 1. The predicted octanol–water partition coefficient (Wildman–Crippen LogP) is 3.23. The summed E-state index contributed by atoms with van der Waals surface area (Å²) in [6.45, 7) is 7.79. The van der Waals surface area contributed by atoms with E-state index in [9.17, 15) is 4.79 Å². The van der Waals surface area contributed by atoms with Gasteiger partial charge in [0.15, 0.2) is 0 Å². The summed E-state index contributed by atoms with van der Waals surface area (Å²) in [6, 6.07) is 4.08. The summed E-state index contributed by atoms with van der Waals surface area (Å²) < 4.78 is 5.95. The molecule has 1 amide bonds. The summed E-state index contributed by atoms with van der Waals surface area (Å²) in [5.41, 5.74) is 0.597. The molecule has 0 aliphatic carbocycles. The van der Waals surface area contributed by atoms with E-state index < -0.39 is 0 Å². The number of hydrogen-bond donors (Lipinski definition) is 2. The van der Waals surface area contributed by atoms with E-state index in [1.807, 2.05) is 19.1 Å². The molecule has 128 valence electrons. The van der Waals surface area contributed by atoms with Gasteiger partial charge in [-0.3, -0.25) is 4.79 Å². The molecule has 1 aromatic rings. The highest BCUT2D eigenvalue weighted by Gasteiger charge is 2.27. The average Bonchev–Trinajstić information content (AvgIpc) is 2.57. The quantitative estimate of drug-likeness (QED) is 0.810. The Morgan fingerprint density at radius 3 is 2.74 bits per heavy atom. The number of carbonyl (C=O) groups excluding carboxylic acids is 1. The number of amides is 1. The third-order valence-electron chi connectivity index (χ3n) is 4.60. The van der Waals surface area contributed by atoms with Crippen molar-refractivity contribution in [2.75, 3.05) is 18.5 Å². The second kappa shape index (κ2) is 8.87. The van der Waals surface area contributed by atoms with Crippen LogP contribution >= 0.6 is 0 Å². The molecule has 2 N–H and O–H groups in total. The molecule has 23 heavy (non-hydrogen) atoms. The summed E-state index contributed by atoms with van der Waals surface area (Å²) in [5, 5.41) is 6.27. The normalized spacial score (nSPS) is 21.2. The van der Waals surface area contributed by atoms with Crippen molar-refractivity contribution in [2.24, 2.45) is 5.92 Å². The minimum atomic E-state index is -0.0774. The van der Waals surface area contributed by atoms with Crippen molar-refractivity contribution in [1.29, 1.82) is 0 Å². The van der Waals surface area contributed by atoms with Gasteiger partial charge in [0.2, 0.25) is 0 Å². The van der Waals surface area contributed by atoms with E-state index in [-0.39, 0.29) is 5.91 Å². The molecule has 0 saturated carbocycles. The van der Waals surface area contributed by atoms with Gasteiger partial charge < -0.3 is 15.4 Å². The van der Waals surface area contributed by atoms with Crippen LogP contribution < -0.4 is 10.6 Å². The van der Waals surface area contributed by atoms with Crippen LogP contribution in [-0.2, 0) is 4.74 Å². The van der Waals surface area contributed by atoms with Crippen LogP contribution in [-0.4, -0.2) is 36.2 Å². The van der Waals surface area contributed by atoms with E-state index in [0.29, 0.717) is 30.2 Å². The van der Waals surface area contributed by atoms with Crippen LogP contribution in [0.5, 0.6) is 0 Å². The second-order valence-electron chi connectivity index (χ2n) is 6.14. The molecule has 1 fully saturated rings. The maximum Gasteiger partial charge on any atom is 0.252 e. The SMILES string of the molecule is CCNC(=O)c1ccc(NC2CCOC(C(CC)CC)C2)nc1. The van der Waals surface area contributed by atoms with Gasteiger partial charge >= 0.3 is 0 Å². The van der Waals surface area contributed by atoms with Crippen LogP contribution in [0.3, 0.4) is 0 Å². The van der Waals surface area contributed by atoms with E-state index in [1.54, 1.807) is 6.20 Å². The standard InChI is InChI=1S/C18H29N3O2/c1-4-13(5-2)16-11-15(9-10-23-16)21-17-8-7-14(12-20-17)18(22)19-6-3/h7-8,12-13,15-16H,4-6,9-11H2,1-3H3,(H,19,22)(H,20,21). The van der Waals surface area contributed by atoms with Gasteiger partial charge in [-0.25, -0.2) is 4.98 Å². The van der Waals surface area contributed by atoms with Crippen molar-refractivity contribution in [3.63, 3.8) is 0 Å². The summed E-state index contributed by atoms with van der Waals surface area (Å²) in [6.07, 6.45) is 6.31. The van der Waals surface area contributed by atoms with Gasteiger partial charge in [-0.05, 0) is 37.8 Å². The van der Waals surface area contributed by atoms with E-state index in [0.717, 1.165) is 38.1 Å². The van der Waals surface area contributed by atoms with Gasteiger partial charge in [0.05, 0.1) is 11.7 Å². The van der Waals surface area contributed by atoms with E-state index in [4.69, 9.17) is 4.74 Å². The molecule has 0 radical (unpaired) electrons. The van der Waals surface area contributed by atoms with E-state index >= 15 is 0 Å². The first-order valence-corrected chi connectivity index (χ1v) is 8.80. The molecule has 1 aliphatic rings. The topological polar surface area (TPSA) is 63.2 Å². The van der Waals surface area contributed by atoms with Crippen LogP contribution in [0.2, 0.25) is 0 Å². The summed E-state index contributed by atoms with van der Waals surface area (Å²) in [4.78, 5) is 16.1. The highest BCUT2D eigenvalue weighted by atomic mass is 16.5. The molecule has 2 rings (SSSR count). The molecule has 2 atom stereocenters. The minimum absolute atomic E-state index is 0.0774. The molecule has 1 aromatic heterocycles. The van der Waals surface area contributed by atoms with Crippen LogP contribution in [0.4, 0.5) is 5.82 Å². The zero-order valence-electron chi connectivity index (χ0n) is 14.5. The molecule has 0 spiro atoms. The van der Waals surface area contributed by atoms with Gasteiger partial charge in [-0.2, -0.15) is 0 Å². The van der Waals surface area contributed by atoms with Crippen LogP contribution in [0, 0.1) is 5.92 Å². The molecular formula is C18H29N3O2. The third-order valence-corrected chi connectivity index (χ3v) is 4.60. The number of rotatable bonds is 7. The van der Waals surface area contributed by atoms with Gasteiger partial charge in [0, 0.05) is 25.4 Å². The van der Waals surface area contributed by atoms with Crippen molar-refractivity contribution >= 4 is 11.7 Å². The van der Waals surface area contributed by atoms with Crippen molar-refractivity contribution < 1.29 is 9.53 Å². The molecule has 0 aromatic carbocycles. The first kappa shape index (κ1) is 17.7. The number of ether oxygens (including phenoxy) is 1. The van der Waals surface area contributed by atoms with Crippen molar-refractivity contribution in [2.45, 2.75) is 58.6 Å². The third kappa shape index (κ3) is 4.93.